The Balaban J connectivity index is 1.78. The summed E-state index contributed by atoms with van der Waals surface area (Å²) < 4.78 is 11.0. The van der Waals surface area contributed by atoms with Crippen LogP contribution in [0.2, 0.25) is 0 Å². The van der Waals surface area contributed by atoms with Crippen molar-refractivity contribution in [2.75, 3.05) is 19.8 Å². The van der Waals surface area contributed by atoms with Gasteiger partial charge in [0, 0.05) is 6.61 Å². The van der Waals surface area contributed by atoms with Crippen molar-refractivity contribution in [1.82, 2.24) is 0 Å². The van der Waals surface area contributed by atoms with E-state index in [9.17, 15) is 10.2 Å². The maximum absolute atomic E-state index is 10.1. The zero-order chi connectivity index (χ0) is 22.6. The van der Waals surface area contributed by atoms with E-state index in [1.807, 2.05) is 0 Å². The Morgan fingerprint density at radius 2 is 1.35 bits per heavy atom. The quantitative estimate of drug-likeness (QED) is 0.166. The summed E-state index contributed by atoms with van der Waals surface area (Å²) in [5, 5.41) is 28.6. The lowest BCUT2D eigenvalue weighted by molar-refractivity contribution is -0.0730. The number of aliphatic hydroxyl groups is 3. The van der Waals surface area contributed by atoms with Gasteiger partial charge < -0.3 is 24.8 Å². The molecule has 0 saturated carbocycles. The summed E-state index contributed by atoms with van der Waals surface area (Å²) in [4.78, 5) is 0. The summed E-state index contributed by atoms with van der Waals surface area (Å²) >= 11 is 0. The van der Waals surface area contributed by atoms with E-state index in [2.05, 4.69) is 19.1 Å². The first-order valence-electron chi connectivity index (χ1n) is 13.1. The normalized spacial score (nSPS) is 22.5. The molecule has 0 amide bonds. The topological polar surface area (TPSA) is 79.2 Å². The molecule has 5 heteroatoms. The van der Waals surface area contributed by atoms with Gasteiger partial charge in [-0.1, -0.05) is 89.7 Å². The van der Waals surface area contributed by atoms with Crippen LogP contribution in [-0.4, -0.2) is 59.6 Å². The third-order valence-electron chi connectivity index (χ3n) is 6.22. The third-order valence-corrected chi connectivity index (χ3v) is 6.22. The number of ether oxygens (including phenoxy) is 2. The molecule has 1 fully saturated rings. The summed E-state index contributed by atoms with van der Waals surface area (Å²) in [6, 6.07) is 0. The van der Waals surface area contributed by atoms with E-state index < -0.39 is 31.0 Å². The van der Waals surface area contributed by atoms with Crippen LogP contribution in [0, 0.1) is 0 Å². The zero-order valence-electron chi connectivity index (χ0n) is 20.1. The summed E-state index contributed by atoms with van der Waals surface area (Å²) in [6.45, 7) is 2.73. The second-order valence-corrected chi connectivity index (χ2v) is 9.09. The average Bonchev–Trinajstić information content (AvgIpc) is 3.15. The fourth-order valence-electron chi connectivity index (χ4n) is 4.14. The Hall–Kier alpha value is -0.460. The number of rotatable bonds is 21. The average molecular weight is 443 g/mol. The first-order chi connectivity index (χ1) is 15.2. The minimum atomic E-state index is -1.05. The standard InChI is InChI=1S/C26H50O5/c1-2-3-4-5-6-7-8-9-10-11-12-13-14-15-16-17-18-19-20-30-24-22-31-26(25(24)29)23(28)21-27/h6-7,23-29H,2-5,8-22H2,1H3/b7-6+/t23-,24+,25-,26-/m0/s1. The molecule has 0 spiro atoms. The minimum absolute atomic E-state index is 0.276. The monoisotopic (exact) mass is 442 g/mol. The largest absolute Gasteiger partial charge is 0.394 e. The van der Waals surface area contributed by atoms with Crippen molar-refractivity contribution < 1.29 is 24.8 Å². The highest BCUT2D eigenvalue weighted by Crippen LogP contribution is 2.20. The number of hydrogen-bond donors (Lipinski definition) is 3. The summed E-state index contributed by atoms with van der Waals surface area (Å²) in [6.07, 6.45) is 22.4. The Kier molecular flexibility index (Phi) is 18.6. The van der Waals surface area contributed by atoms with E-state index in [0.717, 1.165) is 12.8 Å². The Morgan fingerprint density at radius 3 is 1.90 bits per heavy atom. The van der Waals surface area contributed by atoms with E-state index >= 15 is 0 Å². The third kappa shape index (κ3) is 14.3. The molecule has 0 aromatic heterocycles. The van der Waals surface area contributed by atoms with Crippen molar-refractivity contribution in [1.29, 1.82) is 0 Å². The van der Waals surface area contributed by atoms with Crippen LogP contribution in [-0.2, 0) is 9.47 Å². The van der Waals surface area contributed by atoms with Gasteiger partial charge in [0.2, 0.25) is 0 Å². The van der Waals surface area contributed by atoms with Crippen LogP contribution in [0.25, 0.3) is 0 Å². The van der Waals surface area contributed by atoms with Crippen LogP contribution < -0.4 is 0 Å². The molecule has 3 N–H and O–H groups in total. The van der Waals surface area contributed by atoms with Crippen molar-refractivity contribution in [2.45, 2.75) is 134 Å². The van der Waals surface area contributed by atoms with Gasteiger partial charge in [-0.05, 0) is 32.1 Å². The molecule has 1 rings (SSSR count). The number of allylic oxidation sites excluding steroid dienone is 2. The van der Waals surface area contributed by atoms with Gasteiger partial charge in [0.15, 0.2) is 0 Å². The zero-order valence-corrected chi connectivity index (χ0v) is 20.1. The van der Waals surface area contributed by atoms with Gasteiger partial charge >= 0.3 is 0 Å². The van der Waals surface area contributed by atoms with Crippen LogP contribution in [0.1, 0.15) is 110 Å². The summed E-state index contributed by atoms with van der Waals surface area (Å²) in [5.41, 5.74) is 0. The maximum atomic E-state index is 10.1. The van der Waals surface area contributed by atoms with E-state index in [-0.39, 0.29) is 6.61 Å². The molecule has 5 nitrogen and oxygen atoms in total. The van der Waals surface area contributed by atoms with Gasteiger partial charge in [-0.25, -0.2) is 0 Å². The number of unbranched alkanes of at least 4 members (excludes halogenated alkanes) is 14. The minimum Gasteiger partial charge on any atom is -0.394 e. The second-order valence-electron chi connectivity index (χ2n) is 9.09. The SMILES string of the molecule is CCCCC/C=C/CCCCCCCCCCCCCO[C@@H]1CO[C@@H]([C@@H](O)CO)[C@H]1O. The molecule has 1 heterocycles. The van der Waals surface area contributed by atoms with Gasteiger partial charge in [-0.3, -0.25) is 0 Å². The lowest BCUT2D eigenvalue weighted by Crippen LogP contribution is -2.41. The maximum Gasteiger partial charge on any atom is 0.114 e. The van der Waals surface area contributed by atoms with Crippen molar-refractivity contribution in [3.05, 3.63) is 12.2 Å². The molecule has 184 valence electrons. The van der Waals surface area contributed by atoms with E-state index in [0.29, 0.717) is 6.61 Å². The molecule has 31 heavy (non-hydrogen) atoms. The first-order valence-corrected chi connectivity index (χ1v) is 13.1. The molecule has 0 radical (unpaired) electrons. The van der Waals surface area contributed by atoms with E-state index in [4.69, 9.17) is 14.6 Å². The smallest absolute Gasteiger partial charge is 0.114 e. The highest BCUT2D eigenvalue weighted by molar-refractivity contribution is 4.88. The Morgan fingerprint density at radius 1 is 0.839 bits per heavy atom. The first kappa shape index (κ1) is 28.6. The molecule has 0 aromatic rings. The van der Waals surface area contributed by atoms with Gasteiger partial charge in [0.05, 0.1) is 13.2 Å². The van der Waals surface area contributed by atoms with Crippen molar-refractivity contribution >= 4 is 0 Å². The molecule has 0 bridgehead atoms. The highest BCUT2D eigenvalue weighted by Gasteiger charge is 2.40. The lowest BCUT2D eigenvalue weighted by Gasteiger charge is -2.20. The summed E-state index contributed by atoms with van der Waals surface area (Å²) in [7, 11) is 0. The van der Waals surface area contributed by atoms with Crippen LogP contribution in [0.5, 0.6) is 0 Å². The second kappa shape index (κ2) is 20.2. The molecule has 0 aromatic carbocycles. The van der Waals surface area contributed by atoms with Crippen LogP contribution in [0.15, 0.2) is 12.2 Å². The van der Waals surface area contributed by atoms with Crippen LogP contribution in [0.3, 0.4) is 0 Å². The highest BCUT2D eigenvalue weighted by atomic mass is 16.6. The fourth-order valence-corrected chi connectivity index (χ4v) is 4.14. The van der Waals surface area contributed by atoms with Gasteiger partial charge in [-0.15, -0.1) is 0 Å². The van der Waals surface area contributed by atoms with Gasteiger partial charge in [0.25, 0.3) is 0 Å². The van der Waals surface area contributed by atoms with E-state index in [1.54, 1.807) is 0 Å². The van der Waals surface area contributed by atoms with Crippen molar-refractivity contribution in [3.8, 4) is 0 Å². The predicted molar refractivity (Wildman–Crippen MR) is 127 cm³/mol. The van der Waals surface area contributed by atoms with Crippen LogP contribution >= 0.6 is 0 Å². The molecule has 0 unspecified atom stereocenters. The molecule has 4 atom stereocenters. The van der Waals surface area contributed by atoms with Crippen LogP contribution in [0.4, 0.5) is 0 Å². The van der Waals surface area contributed by atoms with E-state index in [1.165, 1.54) is 89.9 Å². The van der Waals surface area contributed by atoms with Gasteiger partial charge in [-0.2, -0.15) is 0 Å². The molecule has 1 aliphatic rings. The Labute approximate surface area is 191 Å². The molecular weight excluding hydrogens is 392 g/mol. The van der Waals surface area contributed by atoms with Crippen molar-refractivity contribution in [2.24, 2.45) is 0 Å². The van der Waals surface area contributed by atoms with Gasteiger partial charge in [0.1, 0.15) is 24.4 Å². The lowest BCUT2D eigenvalue weighted by atomic mass is 10.0. The molecule has 0 aliphatic carbocycles. The predicted octanol–water partition coefficient (Wildman–Crippen LogP) is 5.30. The number of hydrogen-bond acceptors (Lipinski definition) is 5. The Bertz CT molecular complexity index is 415. The molecule has 1 saturated heterocycles. The fraction of sp³-hybridized carbons (Fsp3) is 0.923. The number of aliphatic hydroxyl groups excluding tert-OH is 3. The summed E-state index contributed by atoms with van der Waals surface area (Å²) in [5.74, 6) is 0. The molecular formula is C26H50O5. The van der Waals surface area contributed by atoms with Crippen molar-refractivity contribution in [3.63, 3.8) is 0 Å². The molecule has 1 aliphatic heterocycles.